The fraction of sp³-hybridized carbons (Fsp3) is 1.00. The molecule has 0 aromatic rings. The van der Waals surface area contributed by atoms with Gasteiger partial charge >= 0.3 is 0 Å². The molecule has 3 aliphatic rings. The molecule has 3 fully saturated rings. The molecule has 2 heterocycles. The van der Waals surface area contributed by atoms with Gasteiger partial charge in [-0.05, 0) is 37.5 Å². The van der Waals surface area contributed by atoms with E-state index in [-0.39, 0.29) is 0 Å². The predicted octanol–water partition coefficient (Wildman–Crippen LogP) is 0.834. The van der Waals surface area contributed by atoms with Crippen LogP contribution in [0.25, 0.3) is 0 Å². The lowest BCUT2D eigenvalue weighted by atomic mass is 9.91. The first-order chi connectivity index (χ1) is 7.34. The maximum atomic E-state index is 6.22. The number of rotatable bonds is 1. The van der Waals surface area contributed by atoms with Gasteiger partial charge in [-0.2, -0.15) is 0 Å². The molecular formula is C12H22N2O. The lowest BCUT2D eigenvalue weighted by Crippen LogP contribution is -2.53. The van der Waals surface area contributed by atoms with Gasteiger partial charge in [0, 0.05) is 31.8 Å². The van der Waals surface area contributed by atoms with Crippen LogP contribution in [0.3, 0.4) is 0 Å². The lowest BCUT2D eigenvalue weighted by molar-refractivity contribution is -0.00416. The molecule has 15 heavy (non-hydrogen) atoms. The van der Waals surface area contributed by atoms with Crippen LogP contribution in [-0.4, -0.2) is 43.3 Å². The van der Waals surface area contributed by atoms with E-state index in [0.29, 0.717) is 12.1 Å². The fourth-order valence-corrected chi connectivity index (χ4v) is 3.61. The van der Waals surface area contributed by atoms with Gasteiger partial charge in [-0.15, -0.1) is 0 Å². The van der Waals surface area contributed by atoms with Crippen LogP contribution in [0.15, 0.2) is 0 Å². The van der Waals surface area contributed by atoms with Gasteiger partial charge in [0.25, 0.3) is 0 Å². The van der Waals surface area contributed by atoms with Crippen molar-refractivity contribution in [1.82, 2.24) is 4.90 Å². The summed E-state index contributed by atoms with van der Waals surface area (Å²) < 4.78 is 5.58. The molecule has 2 saturated heterocycles. The minimum absolute atomic E-state index is 0.491. The van der Waals surface area contributed by atoms with E-state index in [0.717, 1.165) is 25.0 Å². The van der Waals surface area contributed by atoms with E-state index >= 15 is 0 Å². The average molecular weight is 210 g/mol. The highest BCUT2D eigenvalue weighted by molar-refractivity contribution is 4.97. The molecule has 1 saturated carbocycles. The molecule has 3 nitrogen and oxygen atoms in total. The number of nitrogens with two attached hydrogens (primary N) is 1. The molecule has 86 valence electrons. The Kier molecular flexibility index (Phi) is 2.71. The van der Waals surface area contributed by atoms with Crippen molar-refractivity contribution in [1.29, 1.82) is 0 Å². The zero-order valence-electron chi connectivity index (χ0n) is 9.40. The van der Waals surface area contributed by atoms with Crippen LogP contribution in [0.4, 0.5) is 0 Å². The van der Waals surface area contributed by atoms with Crippen molar-refractivity contribution in [2.45, 2.75) is 37.8 Å². The van der Waals surface area contributed by atoms with Crippen molar-refractivity contribution < 1.29 is 4.74 Å². The highest BCUT2D eigenvalue weighted by Crippen LogP contribution is 2.37. The quantitative estimate of drug-likeness (QED) is 0.697. The van der Waals surface area contributed by atoms with Crippen molar-refractivity contribution in [2.24, 2.45) is 17.6 Å². The summed E-state index contributed by atoms with van der Waals surface area (Å²) in [4.78, 5) is 2.66. The molecular weight excluding hydrogens is 188 g/mol. The summed E-state index contributed by atoms with van der Waals surface area (Å²) in [5.41, 5.74) is 6.22. The highest BCUT2D eigenvalue weighted by Gasteiger charge is 2.41. The molecule has 0 aromatic carbocycles. The summed E-state index contributed by atoms with van der Waals surface area (Å²) >= 11 is 0. The van der Waals surface area contributed by atoms with Gasteiger partial charge in [0.05, 0.1) is 6.61 Å². The van der Waals surface area contributed by atoms with Crippen molar-refractivity contribution in [2.75, 3.05) is 26.3 Å². The Morgan fingerprint density at radius 1 is 1.07 bits per heavy atom. The summed E-state index contributed by atoms with van der Waals surface area (Å²) in [6, 6.07) is 1.18. The lowest BCUT2D eigenvalue weighted by Gasteiger charge is -2.42. The molecule has 4 atom stereocenters. The maximum Gasteiger partial charge on any atom is 0.0621 e. The summed E-state index contributed by atoms with van der Waals surface area (Å²) in [7, 11) is 0. The molecule has 2 bridgehead atoms. The standard InChI is InChI=1S/C12H22N2O/c13-12-9-3-4-10(12)7-14(6-9)11-2-1-5-15-8-11/h9-12H,1-8,13H2/t9-,10+,11?,12?. The third-order valence-corrected chi connectivity index (χ3v) is 4.59. The van der Waals surface area contributed by atoms with Crippen LogP contribution in [0, 0.1) is 11.8 Å². The molecule has 0 amide bonds. The van der Waals surface area contributed by atoms with E-state index in [1.165, 1.54) is 38.8 Å². The molecule has 3 rings (SSSR count). The molecule has 2 aliphatic heterocycles. The van der Waals surface area contributed by atoms with Gasteiger partial charge < -0.3 is 10.5 Å². The Hall–Kier alpha value is -0.120. The molecule has 2 unspecified atom stereocenters. The fourth-order valence-electron chi connectivity index (χ4n) is 3.61. The maximum absolute atomic E-state index is 6.22. The summed E-state index contributed by atoms with van der Waals surface area (Å²) in [5, 5.41) is 0. The molecule has 0 radical (unpaired) electrons. The van der Waals surface area contributed by atoms with Crippen molar-refractivity contribution in [3.05, 3.63) is 0 Å². The van der Waals surface area contributed by atoms with Gasteiger partial charge in [0.1, 0.15) is 0 Å². The van der Waals surface area contributed by atoms with Crippen LogP contribution in [-0.2, 0) is 4.74 Å². The van der Waals surface area contributed by atoms with Crippen LogP contribution in [0.5, 0.6) is 0 Å². The smallest absolute Gasteiger partial charge is 0.0621 e. The number of ether oxygens (including phenoxy) is 1. The first-order valence-electron chi connectivity index (χ1n) is 6.42. The average Bonchev–Trinajstić information content (AvgIpc) is 2.54. The minimum Gasteiger partial charge on any atom is -0.380 e. The topological polar surface area (TPSA) is 38.5 Å². The molecule has 3 heteroatoms. The minimum atomic E-state index is 0.491. The molecule has 0 spiro atoms. The van der Waals surface area contributed by atoms with E-state index in [1.54, 1.807) is 0 Å². The Bertz CT molecular complexity index is 214. The summed E-state index contributed by atoms with van der Waals surface area (Å²) in [5.74, 6) is 1.54. The van der Waals surface area contributed by atoms with Crippen molar-refractivity contribution >= 4 is 0 Å². The Morgan fingerprint density at radius 2 is 1.80 bits per heavy atom. The summed E-state index contributed by atoms with van der Waals surface area (Å²) in [6.07, 6.45) is 5.28. The van der Waals surface area contributed by atoms with Crippen LogP contribution >= 0.6 is 0 Å². The van der Waals surface area contributed by atoms with E-state index in [2.05, 4.69) is 4.90 Å². The van der Waals surface area contributed by atoms with E-state index < -0.39 is 0 Å². The number of hydrogen-bond donors (Lipinski definition) is 1. The van der Waals surface area contributed by atoms with E-state index in [9.17, 15) is 0 Å². The van der Waals surface area contributed by atoms with Crippen LogP contribution in [0.1, 0.15) is 25.7 Å². The van der Waals surface area contributed by atoms with Gasteiger partial charge in [-0.1, -0.05) is 0 Å². The number of nitrogens with zero attached hydrogens (tertiary/aromatic N) is 1. The first kappa shape index (κ1) is 10.1. The highest BCUT2D eigenvalue weighted by atomic mass is 16.5. The van der Waals surface area contributed by atoms with Gasteiger partial charge in [-0.25, -0.2) is 0 Å². The number of hydrogen-bond acceptors (Lipinski definition) is 3. The Balaban J connectivity index is 1.64. The van der Waals surface area contributed by atoms with Crippen LogP contribution < -0.4 is 5.73 Å². The number of likely N-dealkylation sites (tertiary alicyclic amines) is 1. The predicted molar refractivity (Wildman–Crippen MR) is 59.6 cm³/mol. The second kappa shape index (κ2) is 4.04. The van der Waals surface area contributed by atoms with Gasteiger partial charge in [0.15, 0.2) is 0 Å². The van der Waals surface area contributed by atoms with Crippen LogP contribution in [0.2, 0.25) is 0 Å². The van der Waals surface area contributed by atoms with E-state index in [1.807, 2.05) is 0 Å². The Labute approximate surface area is 91.9 Å². The van der Waals surface area contributed by atoms with Gasteiger partial charge in [-0.3, -0.25) is 4.90 Å². The Morgan fingerprint density at radius 3 is 2.40 bits per heavy atom. The largest absolute Gasteiger partial charge is 0.380 e. The number of piperidine rings is 1. The second-order valence-corrected chi connectivity index (χ2v) is 5.50. The molecule has 1 aliphatic carbocycles. The molecule has 0 aromatic heterocycles. The first-order valence-corrected chi connectivity index (χ1v) is 6.42. The van der Waals surface area contributed by atoms with Crippen molar-refractivity contribution in [3.8, 4) is 0 Å². The van der Waals surface area contributed by atoms with E-state index in [4.69, 9.17) is 10.5 Å². The normalized spacial score (nSPS) is 47.0. The zero-order chi connectivity index (χ0) is 10.3. The second-order valence-electron chi connectivity index (χ2n) is 5.50. The third kappa shape index (κ3) is 1.81. The molecule has 2 N–H and O–H groups in total. The third-order valence-electron chi connectivity index (χ3n) is 4.59. The number of fused-ring (bicyclic) bond motifs is 2. The monoisotopic (exact) mass is 210 g/mol. The van der Waals surface area contributed by atoms with Crippen molar-refractivity contribution in [3.63, 3.8) is 0 Å². The SMILES string of the molecule is NC1[C@@H]2CC[C@H]1CN(C1CCCOC1)C2. The summed E-state index contributed by atoms with van der Waals surface area (Å²) in [6.45, 7) is 4.38. The zero-order valence-corrected chi connectivity index (χ0v) is 9.40. The van der Waals surface area contributed by atoms with Gasteiger partial charge in [0.2, 0.25) is 0 Å².